The number of nitrogens with two attached hydrogens (primary N) is 1. The lowest BCUT2D eigenvalue weighted by atomic mass is 10.2. The van der Waals surface area contributed by atoms with E-state index in [1.165, 1.54) is 0 Å². The van der Waals surface area contributed by atoms with E-state index in [2.05, 4.69) is 27.9 Å². The van der Waals surface area contributed by atoms with Crippen molar-refractivity contribution >= 4 is 40.1 Å². The highest BCUT2D eigenvalue weighted by molar-refractivity contribution is 14.1. The molecule has 0 fully saturated rings. The van der Waals surface area contributed by atoms with Crippen molar-refractivity contribution in [3.63, 3.8) is 0 Å². The minimum absolute atomic E-state index is 0.0903. The van der Waals surface area contributed by atoms with Crippen molar-refractivity contribution in [3.8, 4) is 0 Å². The Balaban J connectivity index is 2.59. The normalized spacial score (nSPS) is 12.2. The van der Waals surface area contributed by atoms with Crippen LogP contribution in [0, 0.1) is 3.57 Å². The Hall–Kier alpha value is -0.330. The summed E-state index contributed by atoms with van der Waals surface area (Å²) in [5, 5.41) is 3.26. The van der Waals surface area contributed by atoms with E-state index in [9.17, 15) is 4.79 Å². The summed E-state index contributed by atoms with van der Waals surface area (Å²) in [7, 11) is 0. The fourth-order valence-corrected chi connectivity index (χ4v) is 2.12. The molecule has 0 spiro atoms. The van der Waals surface area contributed by atoms with Crippen LogP contribution in [0.4, 0.5) is 0 Å². The molecule has 0 aliphatic carbocycles. The molecular formula is C11H14ClIN2O. The van der Waals surface area contributed by atoms with Gasteiger partial charge in [-0.1, -0.05) is 11.6 Å². The fourth-order valence-electron chi connectivity index (χ4n) is 1.18. The van der Waals surface area contributed by atoms with Crippen LogP contribution in [0.3, 0.4) is 0 Å². The first-order valence-corrected chi connectivity index (χ1v) is 6.45. The third-order valence-corrected chi connectivity index (χ3v) is 3.04. The minimum atomic E-state index is -0.151. The molecule has 0 saturated heterocycles. The van der Waals surface area contributed by atoms with Gasteiger partial charge in [0.15, 0.2) is 0 Å². The van der Waals surface area contributed by atoms with Gasteiger partial charge in [0.2, 0.25) is 0 Å². The van der Waals surface area contributed by atoms with E-state index in [1.54, 1.807) is 12.1 Å². The number of amides is 1. The van der Waals surface area contributed by atoms with Crippen LogP contribution >= 0.6 is 34.2 Å². The highest BCUT2D eigenvalue weighted by Gasteiger charge is 2.09. The highest BCUT2D eigenvalue weighted by atomic mass is 127. The average Bonchev–Trinajstić information content (AvgIpc) is 2.16. The predicted octanol–water partition coefficient (Wildman–Crippen LogP) is 2.41. The van der Waals surface area contributed by atoms with Gasteiger partial charge in [-0.05, 0) is 54.1 Å². The smallest absolute Gasteiger partial charge is 0.252 e. The van der Waals surface area contributed by atoms with Crippen LogP contribution in [0.25, 0.3) is 0 Å². The number of hydrogen-bond acceptors (Lipinski definition) is 2. The Kier molecular flexibility index (Phi) is 5.51. The van der Waals surface area contributed by atoms with Crippen LogP contribution < -0.4 is 11.1 Å². The molecule has 0 aliphatic rings. The number of rotatable bonds is 4. The molecule has 0 saturated carbocycles. The third-order valence-electron chi connectivity index (χ3n) is 2.06. The molecule has 1 atom stereocenters. The lowest BCUT2D eigenvalue weighted by Crippen LogP contribution is -2.29. The van der Waals surface area contributed by atoms with Gasteiger partial charge >= 0.3 is 0 Å². The van der Waals surface area contributed by atoms with E-state index >= 15 is 0 Å². The van der Waals surface area contributed by atoms with Crippen LogP contribution in [0.2, 0.25) is 5.02 Å². The van der Waals surface area contributed by atoms with Crippen LogP contribution in [0.15, 0.2) is 18.2 Å². The van der Waals surface area contributed by atoms with Gasteiger partial charge < -0.3 is 11.1 Å². The molecule has 0 heterocycles. The minimum Gasteiger partial charge on any atom is -0.352 e. The first-order valence-electron chi connectivity index (χ1n) is 4.99. The number of nitrogens with one attached hydrogen (secondary N) is 1. The third kappa shape index (κ3) is 4.27. The maximum Gasteiger partial charge on any atom is 0.252 e. The van der Waals surface area contributed by atoms with Crippen molar-refractivity contribution < 1.29 is 4.79 Å². The summed E-state index contributed by atoms with van der Waals surface area (Å²) in [5.74, 6) is -0.151. The Morgan fingerprint density at radius 1 is 1.62 bits per heavy atom. The summed E-state index contributed by atoms with van der Waals surface area (Å²) in [4.78, 5) is 11.7. The van der Waals surface area contributed by atoms with Gasteiger partial charge in [-0.2, -0.15) is 0 Å². The van der Waals surface area contributed by atoms with Gasteiger partial charge in [-0.15, -0.1) is 0 Å². The van der Waals surface area contributed by atoms with E-state index in [0.717, 1.165) is 9.99 Å². The molecule has 1 aromatic carbocycles. The first kappa shape index (κ1) is 13.7. The summed E-state index contributed by atoms with van der Waals surface area (Å²) in [5.41, 5.74) is 6.09. The molecule has 0 bridgehead atoms. The maximum absolute atomic E-state index is 11.7. The summed E-state index contributed by atoms with van der Waals surface area (Å²) in [6, 6.07) is 5.44. The van der Waals surface area contributed by atoms with Crippen LogP contribution in [-0.2, 0) is 0 Å². The lowest BCUT2D eigenvalue weighted by Gasteiger charge is -2.08. The molecule has 5 heteroatoms. The summed E-state index contributed by atoms with van der Waals surface area (Å²) in [6.45, 7) is 2.48. The fraction of sp³-hybridized carbons (Fsp3) is 0.364. The molecule has 88 valence electrons. The Bertz CT molecular complexity index is 382. The topological polar surface area (TPSA) is 55.1 Å². The van der Waals surface area contributed by atoms with Gasteiger partial charge in [-0.25, -0.2) is 0 Å². The second kappa shape index (κ2) is 6.42. The maximum atomic E-state index is 11.7. The number of hydrogen-bond donors (Lipinski definition) is 2. The Morgan fingerprint density at radius 3 is 2.88 bits per heavy atom. The van der Waals surface area contributed by atoms with Gasteiger partial charge in [0, 0.05) is 16.2 Å². The van der Waals surface area contributed by atoms with Crippen molar-refractivity contribution in [1.82, 2.24) is 5.32 Å². The summed E-state index contributed by atoms with van der Waals surface area (Å²) in [6.07, 6.45) is 0.758. The second-order valence-electron chi connectivity index (χ2n) is 3.65. The highest BCUT2D eigenvalue weighted by Crippen LogP contribution is 2.18. The molecule has 3 nitrogen and oxygen atoms in total. The molecule has 1 aromatic rings. The SMILES string of the molecule is CC(N)CCNC(=O)c1ccc(I)cc1Cl. The molecule has 1 unspecified atom stereocenters. The van der Waals surface area contributed by atoms with E-state index < -0.39 is 0 Å². The summed E-state index contributed by atoms with van der Waals surface area (Å²) < 4.78 is 1.01. The van der Waals surface area contributed by atoms with Crippen LogP contribution in [0.5, 0.6) is 0 Å². The summed E-state index contributed by atoms with van der Waals surface area (Å²) >= 11 is 8.13. The average molecular weight is 353 g/mol. The molecule has 0 aromatic heterocycles. The number of carbonyl (C=O) groups is 1. The Labute approximate surface area is 114 Å². The van der Waals surface area contributed by atoms with E-state index in [-0.39, 0.29) is 11.9 Å². The number of carbonyl (C=O) groups excluding carboxylic acids is 1. The number of halogens is 2. The van der Waals surface area contributed by atoms with Crippen molar-refractivity contribution in [1.29, 1.82) is 0 Å². The first-order chi connectivity index (χ1) is 7.50. The van der Waals surface area contributed by atoms with Gasteiger partial charge in [0.25, 0.3) is 5.91 Å². The second-order valence-corrected chi connectivity index (χ2v) is 5.30. The van der Waals surface area contributed by atoms with Gasteiger partial charge in [0.1, 0.15) is 0 Å². The van der Waals surface area contributed by atoms with Crippen molar-refractivity contribution in [2.45, 2.75) is 19.4 Å². The van der Waals surface area contributed by atoms with Crippen molar-refractivity contribution in [3.05, 3.63) is 32.4 Å². The van der Waals surface area contributed by atoms with E-state index in [0.29, 0.717) is 17.1 Å². The number of benzene rings is 1. The molecule has 0 aliphatic heterocycles. The molecule has 1 amide bonds. The van der Waals surface area contributed by atoms with Crippen molar-refractivity contribution in [2.75, 3.05) is 6.54 Å². The largest absolute Gasteiger partial charge is 0.352 e. The quantitative estimate of drug-likeness (QED) is 0.818. The molecule has 1 rings (SSSR count). The van der Waals surface area contributed by atoms with Gasteiger partial charge in [0.05, 0.1) is 10.6 Å². The van der Waals surface area contributed by atoms with Crippen LogP contribution in [-0.4, -0.2) is 18.5 Å². The lowest BCUT2D eigenvalue weighted by molar-refractivity contribution is 0.0953. The standard InChI is InChI=1S/C11H14ClIN2O/c1-7(14)4-5-15-11(16)9-3-2-8(13)6-10(9)12/h2-3,6-7H,4-5,14H2,1H3,(H,15,16). The van der Waals surface area contributed by atoms with Crippen molar-refractivity contribution in [2.24, 2.45) is 5.73 Å². The zero-order chi connectivity index (χ0) is 12.1. The predicted molar refractivity (Wildman–Crippen MR) is 74.8 cm³/mol. The monoisotopic (exact) mass is 352 g/mol. The van der Waals surface area contributed by atoms with Crippen LogP contribution in [0.1, 0.15) is 23.7 Å². The van der Waals surface area contributed by atoms with Gasteiger partial charge in [-0.3, -0.25) is 4.79 Å². The molecule has 16 heavy (non-hydrogen) atoms. The zero-order valence-electron chi connectivity index (χ0n) is 8.97. The van der Waals surface area contributed by atoms with E-state index in [1.807, 2.05) is 13.0 Å². The Morgan fingerprint density at radius 2 is 2.31 bits per heavy atom. The zero-order valence-corrected chi connectivity index (χ0v) is 11.9. The molecular weight excluding hydrogens is 338 g/mol. The molecule has 0 radical (unpaired) electrons. The molecule has 3 N–H and O–H groups in total. The van der Waals surface area contributed by atoms with E-state index in [4.69, 9.17) is 17.3 Å².